The van der Waals surface area contributed by atoms with Gasteiger partial charge in [-0.1, -0.05) is 110 Å². The summed E-state index contributed by atoms with van der Waals surface area (Å²) in [5, 5.41) is 9.01. The Labute approximate surface area is 281 Å². The monoisotopic (exact) mass is 641 g/mol. The Morgan fingerprint density at radius 1 is 0.891 bits per heavy atom. The highest BCUT2D eigenvalue weighted by Crippen LogP contribution is 2.17. The second-order valence-electron chi connectivity index (χ2n) is 11.7. The second kappa shape index (κ2) is 28.1. The zero-order valence-corrected chi connectivity index (χ0v) is 30.1. The largest absolute Gasteiger partial charge is 0.380 e. The number of nitrogens with one attached hydrogen (secondary N) is 3. The summed E-state index contributed by atoms with van der Waals surface area (Å²) in [5.74, 6) is 0.289. The van der Waals surface area contributed by atoms with Crippen molar-refractivity contribution in [1.29, 1.82) is 0 Å². The molecule has 1 aliphatic rings. The molecule has 0 radical (unpaired) electrons. The van der Waals surface area contributed by atoms with Crippen molar-refractivity contribution in [3.05, 3.63) is 83.8 Å². The standard InChI is InChI=1S/C28H46N4O2.C6H5F.C3H8.C2H6/c1-5-22(3)15-16-25-13-8-7-12-24(25)14-11-17-29-28(34)26(21-32-18-9-10-19-32)31-27(33)20-30-23(4)6-2;7-6-4-2-1-3-5-6;1-3-2;1-2/h7-8,12-13,22,26,30H,4-6,9-11,14-21H2,1-3H3,(H,29,34)(H,31,33);1-5H;3H2,1-2H3;1-2H3/t22-,26?;;;/m1.../s1. The van der Waals surface area contributed by atoms with E-state index in [-0.39, 0.29) is 24.2 Å². The highest BCUT2D eigenvalue weighted by Gasteiger charge is 2.25. The fourth-order valence-corrected chi connectivity index (χ4v) is 4.67. The highest BCUT2D eigenvalue weighted by molar-refractivity contribution is 5.88. The summed E-state index contributed by atoms with van der Waals surface area (Å²) in [5.41, 5.74) is 3.62. The van der Waals surface area contributed by atoms with Gasteiger partial charge in [-0.25, -0.2) is 4.39 Å². The normalized spacial score (nSPS) is 13.3. The molecule has 0 spiro atoms. The van der Waals surface area contributed by atoms with E-state index in [2.05, 4.69) is 79.4 Å². The second-order valence-corrected chi connectivity index (χ2v) is 11.7. The van der Waals surface area contributed by atoms with Crippen molar-refractivity contribution in [2.45, 2.75) is 112 Å². The molecule has 1 heterocycles. The third-order valence-electron chi connectivity index (χ3n) is 7.59. The number of rotatable bonds is 16. The molecule has 1 fully saturated rings. The number of halogens is 1. The number of carbonyl (C=O) groups excluding carboxylic acids is 2. The van der Waals surface area contributed by atoms with E-state index in [0.717, 1.165) is 63.2 Å². The lowest BCUT2D eigenvalue weighted by atomic mass is 9.94. The van der Waals surface area contributed by atoms with E-state index in [1.165, 1.54) is 42.5 Å². The number of likely N-dealkylation sites (tertiary alicyclic amines) is 1. The number of hydrogen-bond donors (Lipinski definition) is 3. The van der Waals surface area contributed by atoms with E-state index < -0.39 is 6.04 Å². The Kier molecular flexibility index (Phi) is 26.1. The van der Waals surface area contributed by atoms with Crippen molar-refractivity contribution in [2.75, 3.05) is 32.7 Å². The van der Waals surface area contributed by atoms with Crippen LogP contribution in [0.15, 0.2) is 66.9 Å². The summed E-state index contributed by atoms with van der Waals surface area (Å²) in [6, 6.07) is 16.1. The molecular weight excluding hydrogens is 575 g/mol. The van der Waals surface area contributed by atoms with Crippen molar-refractivity contribution in [2.24, 2.45) is 5.92 Å². The van der Waals surface area contributed by atoms with Crippen LogP contribution >= 0.6 is 0 Å². The topological polar surface area (TPSA) is 73.5 Å². The van der Waals surface area contributed by atoms with Crippen LogP contribution in [0.2, 0.25) is 0 Å². The zero-order valence-electron chi connectivity index (χ0n) is 30.1. The van der Waals surface area contributed by atoms with Crippen LogP contribution in [-0.2, 0) is 22.4 Å². The molecule has 0 bridgehead atoms. The fraction of sp³-hybridized carbons (Fsp3) is 0.590. The lowest BCUT2D eigenvalue weighted by molar-refractivity contribution is -0.129. The van der Waals surface area contributed by atoms with Crippen molar-refractivity contribution in [3.63, 3.8) is 0 Å². The summed E-state index contributed by atoms with van der Waals surface area (Å²) < 4.78 is 11.9. The number of allylic oxidation sites excluding steroid dienone is 1. The molecule has 0 aliphatic carbocycles. The highest BCUT2D eigenvalue weighted by atomic mass is 19.1. The molecule has 6 nitrogen and oxygen atoms in total. The molecular formula is C39H65FN4O2. The predicted octanol–water partition coefficient (Wildman–Crippen LogP) is 8.08. The SMILES string of the molecule is C=C(CC)NCC(=O)NC(CN1CCCC1)C(=O)NCCCc1ccccc1CC[C@H](C)CC.CC.CCC.Fc1ccccc1. The van der Waals surface area contributed by atoms with Gasteiger partial charge in [0.1, 0.15) is 11.9 Å². The minimum Gasteiger partial charge on any atom is -0.380 e. The third-order valence-corrected chi connectivity index (χ3v) is 7.59. The summed E-state index contributed by atoms with van der Waals surface area (Å²) in [4.78, 5) is 27.6. The van der Waals surface area contributed by atoms with Crippen molar-refractivity contribution in [1.82, 2.24) is 20.9 Å². The lowest BCUT2D eigenvalue weighted by Crippen LogP contribution is -2.53. The first-order chi connectivity index (χ1) is 22.2. The van der Waals surface area contributed by atoms with Crippen LogP contribution in [-0.4, -0.2) is 55.5 Å². The Morgan fingerprint density at radius 2 is 1.46 bits per heavy atom. The van der Waals surface area contributed by atoms with E-state index in [9.17, 15) is 14.0 Å². The number of amides is 2. The smallest absolute Gasteiger partial charge is 0.243 e. The molecule has 1 aliphatic heterocycles. The first-order valence-electron chi connectivity index (χ1n) is 17.7. The minimum absolute atomic E-state index is 0.0976. The quantitative estimate of drug-likeness (QED) is 0.162. The van der Waals surface area contributed by atoms with Gasteiger partial charge in [0, 0.05) is 18.8 Å². The lowest BCUT2D eigenvalue weighted by Gasteiger charge is -2.24. The number of benzene rings is 2. The van der Waals surface area contributed by atoms with Gasteiger partial charge < -0.3 is 20.9 Å². The molecule has 1 unspecified atom stereocenters. The molecule has 3 rings (SSSR count). The molecule has 0 aromatic heterocycles. The van der Waals surface area contributed by atoms with Gasteiger partial charge in [0.2, 0.25) is 11.8 Å². The molecule has 260 valence electrons. The van der Waals surface area contributed by atoms with Crippen LogP contribution in [0, 0.1) is 11.7 Å². The maximum absolute atomic E-state index is 13.0. The maximum Gasteiger partial charge on any atom is 0.243 e. The van der Waals surface area contributed by atoms with Gasteiger partial charge in [0.25, 0.3) is 0 Å². The minimum atomic E-state index is -0.537. The van der Waals surface area contributed by atoms with Crippen LogP contribution in [0.5, 0.6) is 0 Å². The molecule has 46 heavy (non-hydrogen) atoms. The molecule has 7 heteroatoms. The molecule has 3 N–H and O–H groups in total. The van der Waals surface area contributed by atoms with Gasteiger partial charge in [0.15, 0.2) is 0 Å². The molecule has 1 saturated heterocycles. The average molecular weight is 641 g/mol. The molecule has 0 saturated carbocycles. The van der Waals surface area contributed by atoms with Crippen molar-refractivity contribution in [3.8, 4) is 0 Å². The van der Waals surface area contributed by atoms with E-state index >= 15 is 0 Å². The Morgan fingerprint density at radius 3 is 1.98 bits per heavy atom. The summed E-state index contributed by atoms with van der Waals surface area (Å²) in [6.45, 7) is 21.9. The van der Waals surface area contributed by atoms with Crippen LogP contribution < -0.4 is 16.0 Å². The number of carbonyl (C=O) groups is 2. The van der Waals surface area contributed by atoms with E-state index in [4.69, 9.17) is 0 Å². The van der Waals surface area contributed by atoms with E-state index in [0.29, 0.717) is 13.1 Å². The van der Waals surface area contributed by atoms with Gasteiger partial charge in [-0.15, -0.1) is 0 Å². The van der Waals surface area contributed by atoms with Crippen LogP contribution in [0.4, 0.5) is 4.39 Å². The first kappa shape index (κ1) is 42.8. The third kappa shape index (κ3) is 20.8. The number of hydrogen-bond acceptors (Lipinski definition) is 4. The number of aryl methyl sites for hydroxylation is 2. The summed E-state index contributed by atoms with van der Waals surface area (Å²) in [6.07, 6.45) is 9.69. The van der Waals surface area contributed by atoms with Gasteiger partial charge >= 0.3 is 0 Å². The Hall–Kier alpha value is -3.19. The number of nitrogens with zero attached hydrogens (tertiary/aromatic N) is 1. The van der Waals surface area contributed by atoms with E-state index in [1.54, 1.807) is 18.2 Å². The molecule has 2 aromatic rings. The van der Waals surface area contributed by atoms with Gasteiger partial charge in [-0.2, -0.15) is 0 Å². The maximum atomic E-state index is 13.0. The average Bonchev–Trinajstić information content (AvgIpc) is 3.59. The van der Waals surface area contributed by atoms with Crippen molar-refractivity contribution < 1.29 is 14.0 Å². The summed E-state index contributed by atoms with van der Waals surface area (Å²) >= 11 is 0. The van der Waals surface area contributed by atoms with Gasteiger partial charge in [0.05, 0.1) is 6.54 Å². The Bertz CT molecular complexity index is 1060. The fourth-order valence-electron chi connectivity index (χ4n) is 4.67. The van der Waals surface area contributed by atoms with Gasteiger partial charge in [-0.05, 0) is 87.2 Å². The zero-order chi connectivity index (χ0) is 34.6. The first-order valence-corrected chi connectivity index (χ1v) is 17.7. The van der Waals surface area contributed by atoms with Crippen LogP contribution in [0.25, 0.3) is 0 Å². The summed E-state index contributed by atoms with van der Waals surface area (Å²) in [7, 11) is 0. The van der Waals surface area contributed by atoms with Crippen LogP contribution in [0.1, 0.15) is 105 Å². The Balaban J connectivity index is 0.00000142. The van der Waals surface area contributed by atoms with E-state index in [1.807, 2.05) is 20.8 Å². The van der Waals surface area contributed by atoms with Crippen LogP contribution in [0.3, 0.4) is 0 Å². The predicted molar refractivity (Wildman–Crippen MR) is 194 cm³/mol. The molecule has 2 amide bonds. The molecule has 2 atom stereocenters. The van der Waals surface area contributed by atoms with Crippen molar-refractivity contribution >= 4 is 11.8 Å². The van der Waals surface area contributed by atoms with Gasteiger partial charge in [-0.3, -0.25) is 9.59 Å². The molecule has 2 aromatic carbocycles.